The second kappa shape index (κ2) is 9.78. The lowest BCUT2D eigenvalue weighted by Gasteiger charge is -2.17. The summed E-state index contributed by atoms with van der Waals surface area (Å²) in [7, 11) is 1.30. The molecule has 3 atom stereocenters. The Kier molecular flexibility index (Phi) is 7.68. The summed E-state index contributed by atoms with van der Waals surface area (Å²) in [6.45, 7) is 1.83. The van der Waals surface area contributed by atoms with Gasteiger partial charge in [0.05, 0.1) is 57.9 Å². The van der Waals surface area contributed by atoms with Gasteiger partial charge in [-0.25, -0.2) is 9.59 Å². The molecule has 0 saturated carbocycles. The summed E-state index contributed by atoms with van der Waals surface area (Å²) < 4.78 is 15.2. The molecule has 3 unspecified atom stereocenters. The molecule has 11 heteroatoms. The highest BCUT2D eigenvalue weighted by Crippen LogP contribution is 2.29. The first-order valence-corrected chi connectivity index (χ1v) is 8.33. The number of methoxy groups -OCH3 is 1. The quantitative estimate of drug-likeness (QED) is 0.184. The number of carbonyl (C=O) groups excluding carboxylic acids is 2. The van der Waals surface area contributed by atoms with Gasteiger partial charge in [-0.3, -0.25) is 10.6 Å². The van der Waals surface area contributed by atoms with Crippen molar-refractivity contribution in [2.45, 2.75) is 17.3 Å². The third-order valence-corrected chi connectivity index (χ3v) is 4.78. The van der Waals surface area contributed by atoms with Crippen molar-refractivity contribution in [3.05, 3.63) is 0 Å². The Labute approximate surface area is 138 Å². The van der Waals surface area contributed by atoms with Crippen LogP contribution in [0.5, 0.6) is 0 Å². The van der Waals surface area contributed by atoms with Crippen molar-refractivity contribution in [1.82, 2.24) is 26.6 Å². The molecule has 10 nitrogen and oxygen atoms in total. The molecule has 0 spiro atoms. The highest BCUT2D eigenvalue weighted by molar-refractivity contribution is 8.00. The van der Waals surface area contributed by atoms with E-state index >= 15 is 0 Å². The molecule has 2 saturated heterocycles. The number of fused-ring (bicyclic) bond motifs is 1. The number of carbonyl (C=O) groups is 2. The first-order chi connectivity index (χ1) is 11.2. The molecular weight excluding hydrogens is 326 g/mol. The molecule has 2 aliphatic rings. The molecule has 2 fully saturated rings. The fourth-order valence-corrected chi connectivity index (χ4v) is 3.68. The smallest absolute Gasteiger partial charge is 0.407 e. The number of urea groups is 1. The van der Waals surface area contributed by atoms with Crippen LogP contribution < -0.4 is 26.6 Å². The number of alkyl carbamates (subject to hydrolysis) is 1. The van der Waals surface area contributed by atoms with Gasteiger partial charge in [-0.2, -0.15) is 11.8 Å². The molecule has 3 amide bonds. The van der Waals surface area contributed by atoms with Gasteiger partial charge in [0.15, 0.2) is 0 Å². The molecule has 23 heavy (non-hydrogen) atoms. The Morgan fingerprint density at radius 3 is 2.87 bits per heavy atom. The second-order valence-electron chi connectivity index (χ2n) is 4.97. The Morgan fingerprint density at radius 2 is 2.04 bits per heavy atom. The van der Waals surface area contributed by atoms with Crippen LogP contribution in [0.1, 0.15) is 0 Å². The van der Waals surface area contributed by atoms with Gasteiger partial charge in [-0.1, -0.05) is 0 Å². The van der Waals surface area contributed by atoms with Crippen molar-refractivity contribution in [3.8, 4) is 0 Å². The van der Waals surface area contributed by atoms with Crippen molar-refractivity contribution in [1.29, 1.82) is 0 Å². The van der Waals surface area contributed by atoms with E-state index in [1.54, 1.807) is 11.8 Å². The Morgan fingerprint density at radius 1 is 1.26 bits per heavy atom. The minimum atomic E-state index is -0.496. The maximum atomic E-state index is 11.2. The largest absolute Gasteiger partial charge is 0.453 e. The van der Waals surface area contributed by atoms with E-state index in [0.29, 0.717) is 20.1 Å². The Balaban J connectivity index is 1.39. The molecule has 2 aliphatic heterocycles. The predicted octanol–water partition coefficient (Wildman–Crippen LogP) is -1.45. The molecule has 0 aromatic rings. The van der Waals surface area contributed by atoms with Gasteiger partial charge in [0, 0.05) is 5.75 Å². The zero-order chi connectivity index (χ0) is 16.5. The van der Waals surface area contributed by atoms with Crippen LogP contribution in [-0.2, 0) is 14.2 Å². The van der Waals surface area contributed by atoms with Gasteiger partial charge in [-0.15, -0.1) is 0 Å². The van der Waals surface area contributed by atoms with Crippen LogP contribution in [0, 0.1) is 0 Å². The monoisotopic (exact) mass is 349 g/mol. The maximum Gasteiger partial charge on any atom is 0.407 e. The average molecular weight is 349 g/mol. The van der Waals surface area contributed by atoms with Crippen molar-refractivity contribution >= 4 is 23.9 Å². The predicted molar refractivity (Wildman–Crippen MR) is 83.8 cm³/mol. The molecule has 0 aliphatic carbocycles. The van der Waals surface area contributed by atoms with Crippen LogP contribution in [0.3, 0.4) is 0 Å². The van der Waals surface area contributed by atoms with Crippen molar-refractivity contribution < 1.29 is 23.8 Å². The SMILES string of the molecule is COC(=O)NCNCOCNCOCC1SCC2NC(=O)NC21. The van der Waals surface area contributed by atoms with Gasteiger partial charge in [-0.05, 0) is 0 Å². The van der Waals surface area contributed by atoms with Crippen LogP contribution >= 0.6 is 11.8 Å². The zero-order valence-electron chi connectivity index (χ0n) is 12.9. The van der Waals surface area contributed by atoms with Crippen LogP contribution in [0.4, 0.5) is 9.59 Å². The summed E-state index contributed by atoms with van der Waals surface area (Å²) in [5.41, 5.74) is 0. The van der Waals surface area contributed by atoms with Crippen LogP contribution in [0.25, 0.3) is 0 Å². The van der Waals surface area contributed by atoms with E-state index in [2.05, 4.69) is 31.3 Å². The molecule has 132 valence electrons. The van der Waals surface area contributed by atoms with E-state index in [0.717, 1.165) is 5.75 Å². The lowest BCUT2D eigenvalue weighted by atomic mass is 10.1. The molecule has 5 N–H and O–H groups in total. The molecule has 0 bridgehead atoms. The average Bonchev–Trinajstić information content (AvgIpc) is 3.08. The van der Waals surface area contributed by atoms with E-state index in [-0.39, 0.29) is 36.8 Å². The third kappa shape index (κ3) is 6.03. The summed E-state index contributed by atoms with van der Waals surface area (Å²) in [6.07, 6.45) is -0.496. The lowest BCUT2D eigenvalue weighted by Crippen LogP contribution is -2.39. The Hall–Kier alpha value is -1.27. The number of rotatable bonds is 10. The molecule has 0 aromatic heterocycles. The third-order valence-electron chi connectivity index (χ3n) is 3.38. The first kappa shape index (κ1) is 18.1. The van der Waals surface area contributed by atoms with Gasteiger partial charge in [0.2, 0.25) is 0 Å². The van der Waals surface area contributed by atoms with Crippen molar-refractivity contribution in [2.24, 2.45) is 0 Å². The number of hydrogen-bond acceptors (Lipinski definition) is 8. The highest BCUT2D eigenvalue weighted by atomic mass is 32.2. The maximum absolute atomic E-state index is 11.2. The van der Waals surface area contributed by atoms with E-state index in [4.69, 9.17) is 9.47 Å². The topological polar surface area (TPSA) is 122 Å². The van der Waals surface area contributed by atoms with E-state index < -0.39 is 6.09 Å². The van der Waals surface area contributed by atoms with Gasteiger partial charge in [0.25, 0.3) is 0 Å². The minimum Gasteiger partial charge on any atom is -0.453 e. The number of nitrogens with one attached hydrogen (secondary N) is 5. The lowest BCUT2D eigenvalue weighted by molar-refractivity contribution is 0.0509. The summed E-state index contributed by atoms with van der Waals surface area (Å²) in [5.74, 6) is 0.916. The Bertz CT molecular complexity index is 402. The number of hydrogen-bond donors (Lipinski definition) is 5. The van der Waals surface area contributed by atoms with Crippen LogP contribution in [-0.4, -0.2) is 75.8 Å². The van der Waals surface area contributed by atoms with Gasteiger partial charge in [0.1, 0.15) is 0 Å². The van der Waals surface area contributed by atoms with Crippen LogP contribution in [0.15, 0.2) is 0 Å². The second-order valence-corrected chi connectivity index (χ2v) is 6.25. The number of amides is 3. The minimum absolute atomic E-state index is 0.0917. The van der Waals surface area contributed by atoms with Gasteiger partial charge >= 0.3 is 12.1 Å². The summed E-state index contributed by atoms with van der Waals surface area (Å²) in [4.78, 5) is 22.0. The molecule has 2 rings (SSSR count). The summed E-state index contributed by atoms with van der Waals surface area (Å²) in [5, 5.41) is 14.4. The van der Waals surface area contributed by atoms with E-state index in [9.17, 15) is 9.59 Å². The molecule has 0 radical (unpaired) electrons. The summed E-state index contributed by atoms with van der Waals surface area (Å²) in [6, 6.07) is 0.267. The van der Waals surface area contributed by atoms with Crippen molar-refractivity contribution in [3.63, 3.8) is 0 Å². The molecule has 2 heterocycles. The fourth-order valence-electron chi connectivity index (χ4n) is 2.27. The van der Waals surface area contributed by atoms with E-state index in [1.807, 2.05) is 0 Å². The number of thioether (sulfide) groups is 1. The van der Waals surface area contributed by atoms with Crippen LogP contribution in [0.2, 0.25) is 0 Å². The number of ether oxygens (including phenoxy) is 3. The highest BCUT2D eigenvalue weighted by Gasteiger charge is 2.42. The molecule has 0 aromatic carbocycles. The first-order valence-electron chi connectivity index (χ1n) is 7.28. The zero-order valence-corrected chi connectivity index (χ0v) is 13.7. The fraction of sp³-hybridized carbons (Fsp3) is 0.833. The molecular formula is C12H23N5O5S. The van der Waals surface area contributed by atoms with Crippen molar-refractivity contribution in [2.75, 3.05) is 46.3 Å². The normalized spacial score (nSPS) is 25.6. The van der Waals surface area contributed by atoms with Gasteiger partial charge < -0.3 is 30.2 Å². The summed E-state index contributed by atoms with van der Waals surface area (Å²) >= 11 is 1.80. The van der Waals surface area contributed by atoms with E-state index in [1.165, 1.54) is 7.11 Å². The standard InChI is InChI=1S/C12H23N5O5S/c1-20-12(19)15-4-13-5-22-7-14-6-21-2-9-10-8(3-23-9)16-11(18)17-10/h8-10,13-14H,2-7H2,1H3,(H,15,19)(H2,16,17,18).